The minimum absolute atomic E-state index is 0.00173. The molecule has 0 saturated heterocycles. The van der Waals surface area contributed by atoms with E-state index in [-0.39, 0.29) is 17.9 Å². The number of likely N-dealkylation sites (N-methyl/N-ethyl adjacent to an activating group) is 1. The quantitative estimate of drug-likeness (QED) is 0.774. The molecule has 0 radical (unpaired) electrons. The largest absolute Gasteiger partial charge is 0.484 e. The molecule has 1 aromatic rings. The predicted molar refractivity (Wildman–Crippen MR) is 69.9 cm³/mol. The van der Waals surface area contributed by atoms with Gasteiger partial charge in [0, 0.05) is 24.0 Å². The fourth-order valence-corrected chi connectivity index (χ4v) is 1.60. The van der Waals surface area contributed by atoms with Crippen LogP contribution in [-0.2, 0) is 4.79 Å². The summed E-state index contributed by atoms with van der Waals surface area (Å²) in [7, 11) is 1.70. The SMILES string of the molecule is CC(Cl)CN(C)C(=O)COc1ccc(Cl)cc1. The maximum absolute atomic E-state index is 11.6. The van der Waals surface area contributed by atoms with Crippen molar-refractivity contribution in [3.63, 3.8) is 0 Å². The lowest BCUT2D eigenvalue weighted by Crippen LogP contribution is -2.34. The van der Waals surface area contributed by atoms with Crippen LogP contribution in [0, 0.1) is 0 Å². The van der Waals surface area contributed by atoms with E-state index in [0.717, 1.165) is 0 Å². The van der Waals surface area contributed by atoms with Gasteiger partial charge in [0.2, 0.25) is 0 Å². The van der Waals surface area contributed by atoms with Crippen LogP contribution in [0.1, 0.15) is 6.92 Å². The Morgan fingerprint density at radius 3 is 2.53 bits per heavy atom. The molecule has 0 spiro atoms. The van der Waals surface area contributed by atoms with Crippen molar-refractivity contribution in [1.29, 1.82) is 0 Å². The van der Waals surface area contributed by atoms with E-state index < -0.39 is 0 Å². The number of hydrogen-bond donors (Lipinski definition) is 0. The van der Waals surface area contributed by atoms with E-state index in [0.29, 0.717) is 17.3 Å². The van der Waals surface area contributed by atoms with Gasteiger partial charge in [-0.3, -0.25) is 4.79 Å². The van der Waals surface area contributed by atoms with Crippen LogP contribution in [0.2, 0.25) is 5.02 Å². The molecule has 0 aromatic heterocycles. The van der Waals surface area contributed by atoms with Crippen molar-refractivity contribution in [2.24, 2.45) is 0 Å². The molecule has 0 fully saturated rings. The summed E-state index contributed by atoms with van der Waals surface area (Å²) < 4.78 is 5.33. The first kappa shape index (κ1) is 14.1. The molecular formula is C12H15Cl2NO2. The third kappa shape index (κ3) is 5.29. The number of alkyl halides is 1. The molecule has 0 aliphatic heterocycles. The number of halogens is 2. The smallest absolute Gasteiger partial charge is 0.260 e. The van der Waals surface area contributed by atoms with Crippen molar-refractivity contribution < 1.29 is 9.53 Å². The zero-order chi connectivity index (χ0) is 12.8. The van der Waals surface area contributed by atoms with Gasteiger partial charge in [0.05, 0.1) is 0 Å². The van der Waals surface area contributed by atoms with Crippen LogP contribution in [0.5, 0.6) is 5.75 Å². The van der Waals surface area contributed by atoms with E-state index in [1.807, 2.05) is 6.92 Å². The fourth-order valence-electron chi connectivity index (χ4n) is 1.27. The lowest BCUT2D eigenvalue weighted by Gasteiger charge is -2.18. The monoisotopic (exact) mass is 275 g/mol. The Morgan fingerprint density at radius 1 is 1.41 bits per heavy atom. The number of benzene rings is 1. The first-order valence-electron chi connectivity index (χ1n) is 5.25. The molecular weight excluding hydrogens is 261 g/mol. The van der Waals surface area contributed by atoms with Crippen LogP contribution >= 0.6 is 23.2 Å². The second kappa shape index (κ2) is 6.72. The molecule has 94 valence electrons. The number of amides is 1. The number of carbonyl (C=O) groups excluding carboxylic acids is 1. The van der Waals surface area contributed by atoms with Gasteiger partial charge in [-0.25, -0.2) is 0 Å². The molecule has 0 bridgehead atoms. The summed E-state index contributed by atoms with van der Waals surface area (Å²) in [5.41, 5.74) is 0. The molecule has 1 amide bonds. The van der Waals surface area contributed by atoms with E-state index >= 15 is 0 Å². The first-order valence-corrected chi connectivity index (χ1v) is 6.07. The number of carbonyl (C=O) groups is 1. The molecule has 1 atom stereocenters. The minimum Gasteiger partial charge on any atom is -0.484 e. The summed E-state index contributed by atoms with van der Waals surface area (Å²) in [6.45, 7) is 2.34. The lowest BCUT2D eigenvalue weighted by atomic mass is 10.3. The molecule has 1 rings (SSSR count). The van der Waals surface area contributed by atoms with Crippen molar-refractivity contribution in [3.05, 3.63) is 29.3 Å². The molecule has 17 heavy (non-hydrogen) atoms. The number of rotatable bonds is 5. The van der Waals surface area contributed by atoms with Gasteiger partial charge in [-0.1, -0.05) is 11.6 Å². The zero-order valence-electron chi connectivity index (χ0n) is 9.82. The van der Waals surface area contributed by atoms with Gasteiger partial charge in [-0.15, -0.1) is 11.6 Å². The molecule has 0 aliphatic rings. The van der Waals surface area contributed by atoms with Crippen LogP contribution in [0.4, 0.5) is 0 Å². The summed E-state index contributed by atoms with van der Waals surface area (Å²) in [4.78, 5) is 13.2. The van der Waals surface area contributed by atoms with Crippen molar-refractivity contribution in [2.45, 2.75) is 12.3 Å². The molecule has 5 heteroatoms. The average molecular weight is 276 g/mol. The van der Waals surface area contributed by atoms with Crippen molar-refractivity contribution in [1.82, 2.24) is 4.90 Å². The first-order chi connectivity index (χ1) is 7.99. The van der Waals surface area contributed by atoms with Gasteiger partial charge in [0.1, 0.15) is 5.75 Å². The highest BCUT2D eigenvalue weighted by Crippen LogP contribution is 2.15. The fraction of sp³-hybridized carbons (Fsp3) is 0.417. The van der Waals surface area contributed by atoms with E-state index in [2.05, 4.69) is 0 Å². The van der Waals surface area contributed by atoms with Crippen molar-refractivity contribution in [3.8, 4) is 5.75 Å². The van der Waals surface area contributed by atoms with Gasteiger partial charge in [-0.2, -0.15) is 0 Å². The Labute approximate surface area is 111 Å². The van der Waals surface area contributed by atoms with E-state index in [1.54, 1.807) is 36.2 Å². The molecule has 0 saturated carbocycles. The Bertz CT molecular complexity index is 365. The van der Waals surface area contributed by atoms with Crippen LogP contribution in [0.25, 0.3) is 0 Å². The highest BCUT2D eigenvalue weighted by molar-refractivity contribution is 6.30. The topological polar surface area (TPSA) is 29.5 Å². The highest BCUT2D eigenvalue weighted by Gasteiger charge is 2.11. The van der Waals surface area contributed by atoms with Crippen molar-refractivity contribution >= 4 is 29.1 Å². The summed E-state index contributed by atoms with van der Waals surface area (Å²) >= 11 is 11.5. The van der Waals surface area contributed by atoms with Crippen LogP contribution in [-0.4, -0.2) is 36.4 Å². The minimum atomic E-state index is -0.104. The van der Waals surface area contributed by atoms with Gasteiger partial charge < -0.3 is 9.64 Å². The standard InChI is InChI=1S/C12H15Cl2NO2/c1-9(13)7-15(2)12(16)8-17-11-5-3-10(14)4-6-11/h3-6,9H,7-8H2,1-2H3. The summed E-state index contributed by atoms with van der Waals surface area (Å²) in [6, 6.07) is 6.87. The highest BCUT2D eigenvalue weighted by atomic mass is 35.5. The van der Waals surface area contributed by atoms with Gasteiger partial charge >= 0.3 is 0 Å². The van der Waals surface area contributed by atoms with Gasteiger partial charge in [-0.05, 0) is 31.2 Å². The Hall–Kier alpha value is -0.930. The summed E-state index contributed by atoms with van der Waals surface area (Å²) in [5.74, 6) is 0.516. The summed E-state index contributed by atoms with van der Waals surface area (Å²) in [5, 5.41) is 0.566. The third-order valence-corrected chi connectivity index (χ3v) is 2.52. The molecule has 3 nitrogen and oxygen atoms in total. The maximum atomic E-state index is 11.6. The van der Waals surface area contributed by atoms with E-state index in [9.17, 15) is 4.79 Å². The zero-order valence-corrected chi connectivity index (χ0v) is 11.3. The van der Waals surface area contributed by atoms with Crippen molar-refractivity contribution in [2.75, 3.05) is 20.2 Å². The van der Waals surface area contributed by atoms with E-state index in [1.165, 1.54) is 0 Å². The van der Waals surface area contributed by atoms with E-state index in [4.69, 9.17) is 27.9 Å². The lowest BCUT2D eigenvalue weighted by molar-refractivity contribution is -0.132. The second-order valence-electron chi connectivity index (χ2n) is 3.80. The molecule has 1 aromatic carbocycles. The number of nitrogens with zero attached hydrogens (tertiary/aromatic N) is 1. The van der Waals surface area contributed by atoms with Crippen LogP contribution in [0.15, 0.2) is 24.3 Å². The number of hydrogen-bond acceptors (Lipinski definition) is 2. The molecule has 1 unspecified atom stereocenters. The predicted octanol–water partition coefficient (Wildman–Crippen LogP) is 2.80. The number of ether oxygens (including phenoxy) is 1. The van der Waals surface area contributed by atoms with Gasteiger partial charge in [0.15, 0.2) is 6.61 Å². The molecule has 0 heterocycles. The maximum Gasteiger partial charge on any atom is 0.260 e. The van der Waals surface area contributed by atoms with Crippen LogP contribution < -0.4 is 4.74 Å². The third-order valence-electron chi connectivity index (χ3n) is 2.13. The van der Waals surface area contributed by atoms with Crippen LogP contribution in [0.3, 0.4) is 0 Å². The molecule has 0 N–H and O–H groups in total. The Kier molecular flexibility index (Phi) is 5.59. The average Bonchev–Trinajstić information content (AvgIpc) is 2.27. The second-order valence-corrected chi connectivity index (χ2v) is 4.98. The Balaban J connectivity index is 2.40. The Morgan fingerprint density at radius 2 is 2.00 bits per heavy atom. The van der Waals surface area contributed by atoms with Gasteiger partial charge in [0.25, 0.3) is 5.91 Å². The normalized spacial score (nSPS) is 12.0. The molecule has 0 aliphatic carbocycles. The summed E-state index contributed by atoms with van der Waals surface area (Å²) in [6.07, 6.45) is 0.